The second kappa shape index (κ2) is 3.52. The van der Waals surface area contributed by atoms with Crippen molar-refractivity contribution in [2.75, 3.05) is 13.7 Å². The Morgan fingerprint density at radius 1 is 1.44 bits per heavy atom. The van der Waals surface area contributed by atoms with Crippen LogP contribution >= 0.6 is 0 Å². The molecule has 3 heteroatoms. The summed E-state index contributed by atoms with van der Waals surface area (Å²) < 4.78 is 7.64. The van der Waals surface area contributed by atoms with Crippen molar-refractivity contribution < 1.29 is 4.74 Å². The molecule has 2 N–H and O–H groups in total. The number of methoxy groups -OCH3 is 1. The van der Waals surface area contributed by atoms with Crippen LogP contribution in [0.25, 0.3) is 10.9 Å². The van der Waals surface area contributed by atoms with Gasteiger partial charge in [-0.1, -0.05) is 0 Å². The molecule has 0 saturated heterocycles. The molecule has 0 spiro atoms. The highest BCUT2D eigenvalue weighted by Gasteiger charge is 2.22. The normalized spacial score (nSPS) is 19.0. The van der Waals surface area contributed by atoms with Crippen molar-refractivity contribution in [2.45, 2.75) is 13.0 Å². The summed E-state index contributed by atoms with van der Waals surface area (Å²) in [6, 6.07) is 8.51. The van der Waals surface area contributed by atoms with Crippen LogP contribution in [0.5, 0.6) is 5.75 Å². The maximum absolute atomic E-state index is 5.73. The van der Waals surface area contributed by atoms with Gasteiger partial charge in [0, 0.05) is 23.7 Å². The van der Waals surface area contributed by atoms with Gasteiger partial charge in [0.25, 0.3) is 0 Å². The minimum atomic E-state index is 0.602. The van der Waals surface area contributed by atoms with E-state index in [0.717, 1.165) is 25.3 Å². The van der Waals surface area contributed by atoms with E-state index in [1.165, 1.54) is 16.6 Å². The molecule has 0 amide bonds. The number of rotatable bonds is 2. The van der Waals surface area contributed by atoms with Crippen LogP contribution in [0.4, 0.5) is 0 Å². The number of nitrogens with zero attached hydrogens (tertiary/aromatic N) is 1. The van der Waals surface area contributed by atoms with Crippen molar-refractivity contribution in [1.82, 2.24) is 4.57 Å². The van der Waals surface area contributed by atoms with Gasteiger partial charge in [-0.15, -0.1) is 0 Å². The first-order valence-corrected chi connectivity index (χ1v) is 5.68. The molecule has 3 nitrogen and oxygen atoms in total. The van der Waals surface area contributed by atoms with Crippen LogP contribution in [-0.4, -0.2) is 18.2 Å². The molecule has 1 aliphatic rings. The van der Waals surface area contributed by atoms with Crippen LogP contribution in [0.3, 0.4) is 0 Å². The first-order chi connectivity index (χ1) is 7.81. The van der Waals surface area contributed by atoms with Gasteiger partial charge in [-0.25, -0.2) is 0 Å². The summed E-state index contributed by atoms with van der Waals surface area (Å²) in [5, 5.41) is 1.30. The number of ether oxygens (including phenoxy) is 1. The number of fused-ring (bicyclic) bond motifs is 3. The van der Waals surface area contributed by atoms with Gasteiger partial charge in [-0.05, 0) is 37.1 Å². The number of nitrogens with two attached hydrogens (primary N) is 1. The smallest absolute Gasteiger partial charge is 0.120 e. The average Bonchev–Trinajstić information content (AvgIpc) is 2.85. The number of aromatic nitrogens is 1. The Morgan fingerprint density at radius 2 is 2.31 bits per heavy atom. The van der Waals surface area contributed by atoms with Gasteiger partial charge in [0.1, 0.15) is 5.75 Å². The van der Waals surface area contributed by atoms with Crippen molar-refractivity contribution in [3.8, 4) is 5.75 Å². The average molecular weight is 216 g/mol. The van der Waals surface area contributed by atoms with E-state index in [4.69, 9.17) is 10.5 Å². The summed E-state index contributed by atoms with van der Waals surface area (Å²) in [5.41, 5.74) is 8.40. The van der Waals surface area contributed by atoms with E-state index in [2.05, 4.69) is 22.8 Å². The zero-order valence-electron chi connectivity index (χ0n) is 9.44. The molecule has 0 radical (unpaired) electrons. The van der Waals surface area contributed by atoms with Gasteiger partial charge >= 0.3 is 0 Å². The molecule has 1 aromatic heterocycles. The Morgan fingerprint density at radius 3 is 3.06 bits per heavy atom. The third kappa shape index (κ3) is 1.32. The van der Waals surface area contributed by atoms with Gasteiger partial charge < -0.3 is 15.0 Å². The largest absolute Gasteiger partial charge is 0.497 e. The number of hydrogen-bond acceptors (Lipinski definition) is 2. The minimum absolute atomic E-state index is 0.602. The Bertz CT molecular complexity index is 530. The monoisotopic (exact) mass is 216 g/mol. The van der Waals surface area contributed by atoms with Crippen LogP contribution in [-0.2, 0) is 13.0 Å². The molecular formula is C13H16N2O. The maximum atomic E-state index is 5.73. The van der Waals surface area contributed by atoms with Crippen LogP contribution in [0.15, 0.2) is 24.3 Å². The highest BCUT2D eigenvalue weighted by molar-refractivity contribution is 5.83. The summed E-state index contributed by atoms with van der Waals surface area (Å²) >= 11 is 0. The van der Waals surface area contributed by atoms with Gasteiger partial charge in [-0.2, -0.15) is 0 Å². The molecule has 1 aromatic carbocycles. The number of hydrogen-bond donors (Lipinski definition) is 1. The summed E-state index contributed by atoms with van der Waals surface area (Å²) in [4.78, 5) is 0. The first kappa shape index (κ1) is 9.73. The Labute approximate surface area is 94.8 Å². The zero-order chi connectivity index (χ0) is 11.1. The van der Waals surface area contributed by atoms with E-state index >= 15 is 0 Å². The molecule has 0 aliphatic carbocycles. The van der Waals surface area contributed by atoms with Gasteiger partial charge in [-0.3, -0.25) is 0 Å². The van der Waals surface area contributed by atoms with Crippen molar-refractivity contribution in [1.29, 1.82) is 0 Å². The topological polar surface area (TPSA) is 40.2 Å². The second-order valence-electron chi connectivity index (χ2n) is 4.48. The molecule has 3 rings (SSSR count). The highest BCUT2D eigenvalue weighted by Crippen LogP contribution is 2.30. The van der Waals surface area contributed by atoms with E-state index in [1.807, 2.05) is 6.07 Å². The van der Waals surface area contributed by atoms with Crippen molar-refractivity contribution in [2.24, 2.45) is 11.7 Å². The molecule has 0 fully saturated rings. The molecular weight excluding hydrogens is 200 g/mol. The lowest BCUT2D eigenvalue weighted by Crippen LogP contribution is -2.15. The Balaban J connectivity index is 2.12. The summed E-state index contributed by atoms with van der Waals surface area (Å²) in [5.74, 6) is 1.52. The van der Waals surface area contributed by atoms with Gasteiger partial charge in [0.2, 0.25) is 0 Å². The molecule has 1 atom stereocenters. The third-order valence-corrected chi connectivity index (χ3v) is 3.47. The molecule has 1 unspecified atom stereocenters. The summed E-state index contributed by atoms with van der Waals surface area (Å²) in [6.45, 7) is 1.82. The fraction of sp³-hybridized carbons (Fsp3) is 0.385. The predicted octanol–water partition coefficient (Wildman–Crippen LogP) is 1.78. The van der Waals surface area contributed by atoms with Gasteiger partial charge in [0.15, 0.2) is 0 Å². The zero-order valence-corrected chi connectivity index (χ0v) is 9.44. The SMILES string of the molecule is COc1ccc2cc3n(c2c1)CC(CN)C3. The van der Waals surface area contributed by atoms with E-state index in [-0.39, 0.29) is 0 Å². The summed E-state index contributed by atoms with van der Waals surface area (Å²) in [7, 11) is 1.71. The minimum Gasteiger partial charge on any atom is -0.497 e. The lowest BCUT2D eigenvalue weighted by Gasteiger charge is -2.06. The third-order valence-electron chi connectivity index (χ3n) is 3.47. The predicted molar refractivity (Wildman–Crippen MR) is 64.7 cm³/mol. The van der Waals surface area contributed by atoms with Crippen molar-refractivity contribution in [3.05, 3.63) is 30.0 Å². The van der Waals surface area contributed by atoms with E-state index < -0.39 is 0 Å². The second-order valence-corrected chi connectivity index (χ2v) is 4.48. The molecule has 1 aliphatic heterocycles. The van der Waals surface area contributed by atoms with Crippen LogP contribution in [0.1, 0.15) is 5.69 Å². The van der Waals surface area contributed by atoms with Crippen LogP contribution in [0, 0.1) is 5.92 Å². The van der Waals surface area contributed by atoms with E-state index in [9.17, 15) is 0 Å². The Hall–Kier alpha value is -1.48. The van der Waals surface area contributed by atoms with Crippen molar-refractivity contribution in [3.63, 3.8) is 0 Å². The quantitative estimate of drug-likeness (QED) is 0.831. The molecule has 0 bridgehead atoms. The van der Waals surface area contributed by atoms with Crippen LogP contribution in [0.2, 0.25) is 0 Å². The maximum Gasteiger partial charge on any atom is 0.120 e. The highest BCUT2D eigenvalue weighted by atomic mass is 16.5. The molecule has 2 aromatic rings. The Kier molecular flexibility index (Phi) is 2.14. The standard InChI is InChI=1S/C13H16N2O/c1-16-12-3-2-10-5-11-4-9(7-14)8-15(11)13(10)6-12/h2-3,5-6,9H,4,7-8,14H2,1H3. The molecule has 84 valence electrons. The van der Waals surface area contributed by atoms with Crippen molar-refractivity contribution >= 4 is 10.9 Å². The lowest BCUT2D eigenvalue weighted by atomic mass is 10.1. The van der Waals surface area contributed by atoms with E-state index in [1.54, 1.807) is 7.11 Å². The molecule has 2 heterocycles. The van der Waals surface area contributed by atoms with E-state index in [0.29, 0.717) is 5.92 Å². The number of benzene rings is 1. The fourth-order valence-corrected chi connectivity index (χ4v) is 2.58. The molecule has 0 saturated carbocycles. The first-order valence-electron chi connectivity index (χ1n) is 5.68. The fourth-order valence-electron chi connectivity index (χ4n) is 2.58. The summed E-state index contributed by atoms with van der Waals surface area (Å²) in [6.07, 6.45) is 1.10. The lowest BCUT2D eigenvalue weighted by molar-refractivity contribution is 0.415. The van der Waals surface area contributed by atoms with Crippen LogP contribution < -0.4 is 10.5 Å². The molecule has 16 heavy (non-hydrogen) atoms. The van der Waals surface area contributed by atoms with Gasteiger partial charge in [0.05, 0.1) is 12.6 Å².